The first kappa shape index (κ1) is 17.2. The average Bonchev–Trinajstić information content (AvgIpc) is 3.30. The van der Waals surface area contributed by atoms with E-state index in [1.807, 2.05) is 43.6 Å². The smallest absolute Gasteiger partial charge is 0.292 e. The highest BCUT2D eigenvalue weighted by Crippen LogP contribution is 2.41. The molecule has 0 bridgehead atoms. The third-order valence-electron chi connectivity index (χ3n) is 6.22. The van der Waals surface area contributed by atoms with Gasteiger partial charge in [0.05, 0.1) is 17.9 Å². The van der Waals surface area contributed by atoms with Gasteiger partial charge in [-0.05, 0) is 25.7 Å². The number of carbonyl (C=O) groups is 1. The van der Waals surface area contributed by atoms with Crippen LogP contribution >= 0.6 is 0 Å². The molecule has 28 heavy (non-hydrogen) atoms. The second kappa shape index (κ2) is 6.89. The van der Waals surface area contributed by atoms with E-state index >= 15 is 0 Å². The maximum Gasteiger partial charge on any atom is 0.292 e. The minimum atomic E-state index is -0.129. The van der Waals surface area contributed by atoms with Crippen LogP contribution in [0.1, 0.15) is 60.3 Å². The second-order valence-corrected chi connectivity index (χ2v) is 7.87. The predicted molar refractivity (Wildman–Crippen MR) is 103 cm³/mol. The molecule has 2 aliphatic carbocycles. The van der Waals surface area contributed by atoms with Gasteiger partial charge in [-0.3, -0.25) is 4.79 Å². The van der Waals surface area contributed by atoms with Gasteiger partial charge >= 0.3 is 0 Å². The van der Waals surface area contributed by atoms with Crippen LogP contribution in [0.15, 0.2) is 47.1 Å². The van der Waals surface area contributed by atoms with Crippen molar-refractivity contribution < 1.29 is 9.32 Å². The number of hydrogen-bond donors (Lipinski definition) is 0. The molecule has 0 aliphatic heterocycles. The Morgan fingerprint density at radius 2 is 2.00 bits per heavy atom. The van der Waals surface area contributed by atoms with Gasteiger partial charge in [0.15, 0.2) is 0 Å². The second-order valence-electron chi connectivity index (χ2n) is 7.87. The summed E-state index contributed by atoms with van der Waals surface area (Å²) in [6.45, 7) is 0. The highest BCUT2D eigenvalue weighted by molar-refractivity contribution is 5.92. The van der Waals surface area contributed by atoms with E-state index in [-0.39, 0.29) is 17.7 Å². The monoisotopic (exact) mass is 377 g/mol. The molecule has 3 aromatic rings. The summed E-state index contributed by atoms with van der Waals surface area (Å²) in [7, 11) is 1.84. The zero-order valence-corrected chi connectivity index (χ0v) is 15.9. The SMILES string of the molecule is CN(C(=O)c1cc(-c2ccccc2)no1)C1CC(n2nncc2C2CCC2)C1. The molecule has 2 aromatic heterocycles. The van der Waals surface area contributed by atoms with Crippen molar-refractivity contribution in [2.24, 2.45) is 0 Å². The molecule has 2 heterocycles. The fraction of sp³-hybridized carbons (Fsp3) is 0.429. The maximum absolute atomic E-state index is 12.8. The third-order valence-corrected chi connectivity index (χ3v) is 6.22. The molecular weight excluding hydrogens is 354 g/mol. The van der Waals surface area contributed by atoms with E-state index in [2.05, 4.69) is 20.2 Å². The van der Waals surface area contributed by atoms with Gasteiger partial charge in [-0.2, -0.15) is 0 Å². The van der Waals surface area contributed by atoms with E-state index in [9.17, 15) is 4.79 Å². The van der Waals surface area contributed by atoms with E-state index < -0.39 is 0 Å². The van der Waals surface area contributed by atoms with Crippen LogP contribution in [0.5, 0.6) is 0 Å². The van der Waals surface area contributed by atoms with Gasteiger partial charge in [-0.25, -0.2) is 4.68 Å². The Morgan fingerprint density at radius 3 is 2.71 bits per heavy atom. The Kier molecular flexibility index (Phi) is 4.22. The van der Waals surface area contributed by atoms with E-state index in [0.717, 1.165) is 18.4 Å². The Labute approximate surface area is 163 Å². The number of nitrogens with zero attached hydrogens (tertiary/aromatic N) is 5. The molecule has 0 saturated heterocycles. The van der Waals surface area contributed by atoms with Crippen LogP contribution < -0.4 is 0 Å². The minimum Gasteiger partial charge on any atom is -0.350 e. The summed E-state index contributed by atoms with van der Waals surface area (Å²) < 4.78 is 7.41. The van der Waals surface area contributed by atoms with Crippen LogP contribution in [0.25, 0.3) is 11.3 Å². The summed E-state index contributed by atoms with van der Waals surface area (Å²) in [6, 6.07) is 11.9. The first-order valence-electron chi connectivity index (χ1n) is 9.90. The average molecular weight is 377 g/mol. The van der Waals surface area contributed by atoms with Gasteiger partial charge < -0.3 is 9.42 Å². The lowest BCUT2D eigenvalue weighted by molar-refractivity contribution is 0.0501. The molecule has 0 N–H and O–H groups in total. The zero-order chi connectivity index (χ0) is 19.1. The first-order valence-corrected chi connectivity index (χ1v) is 9.90. The zero-order valence-electron chi connectivity index (χ0n) is 15.9. The lowest BCUT2D eigenvalue weighted by Gasteiger charge is -2.41. The van der Waals surface area contributed by atoms with Gasteiger partial charge in [0.25, 0.3) is 5.91 Å². The van der Waals surface area contributed by atoms with Gasteiger partial charge in [0.1, 0.15) is 5.69 Å². The standard InChI is InChI=1S/C21H23N5O2/c1-25(21(27)20-12-18(23-28-20)14-6-3-2-4-7-14)16-10-17(11-16)26-19(13-22-24-26)15-8-5-9-15/h2-4,6-7,12-13,15-17H,5,8-11H2,1H3. The third kappa shape index (κ3) is 2.91. The highest BCUT2D eigenvalue weighted by atomic mass is 16.5. The van der Waals surface area contributed by atoms with Crippen molar-refractivity contribution in [2.45, 2.75) is 50.1 Å². The molecule has 1 aromatic carbocycles. The van der Waals surface area contributed by atoms with E-state index in [1.54, 1.807) is 11.0 Å². The molecule has 0 radical (unpaired) electrons. The summed E-state index contributed by atoms with van der Waals surface area (Å²) in [5, 5.41) is 12.5. The number of aromatic nitrogens is 4. The molecule has 2 saturated carbocycles. The molecule has 0 atom stereocenters. The normalized spacial score (nSPS) is 21.8. The lowest BCUT2D eigenvalue weighted by Crippen LogP contribution is -2.46. The van der Waals surface area contributed by atoms with Crippen LogP contribution in [-0.2, 0) is 0 Å². The maximum atomic E-state index is 12.8. The largest absolute Gasteiger partial charge is 0.350 e. The minimum absolute atomic E-state index is 0.129. The summed E-state index contributed by atoms with van der Waals surface area (Å²) in [5.41, 5.74) is 2.87. The van der Waals surface area contributed by atoms with Crippen molar-refractivity contribution in [1.29, 1.82) is 0 Å². The van der Waals surface area contributed by atoms with Gasteiger partial charge in [-0.1, -0.05) is 47.1 Å². The fourth-order valence-corrected chi connectivity index (χ4v) is 4.07. The molecule has 0 unspecified atom stereocenters. The van der Waals surface area contributed by atoms with E-state index in [0.29, 0.717) is 17.7 Å². The van der Waals surface area contributed by atoms with Gasteiger partial charge in [0, 0.05) is 30.6 Å². The van der Waals surface area contributed by atoms with Crippen molar-refractivity contribution >= 4 is 5.91 Å². The van der Waals surface area contributed by atoms with Crippen molar-refractivity contribution in [3.05, 3.63) is 54.0 Å². The highest BCUT2D eigenvalue weighted by Gasteiger charge is 2.39. The van der Waals surface area contributed by atoms with Crippen LogP contribution in [0, 0.1) is 0 Å². The van der Waals surface area contributed by atoms with Crippen LogP contribution in [0.4, 0.5) is 0 Å². The molecule has 1 amide bonds. The number of carbonyl (C=O) groups excluding carboxylic acids is 1. The van der Waals surface area contributed by atoms with Crippen molar-refractivity contribution in [2.75, 3.05) is 7.05 Å². The number of benzene rings is 1. The summed E-state index contributed by atoms with van der Waals surface area (Å²) in [5.74, 6) is 0.760. The topological polar surface area (TPSA) is 77.0 Å². The molecule has 2 aliphatic rings. The summed E-state index contributed by atoms with van der Waals surface area (Å²) >= 11 is 0. The summed E-state index contributed by atoms with van der Waals surface area (Å²) in [6.07, 6.45) is 7.46. The molecule has 7 heteroatoms. The van der Waals surface area contributed by atoms with Crippen LogP contribution in [0.2, 0.25) is 0 Å². The van der Waals surface area contributed by atoms with Crippen LogP contribution in [0.3, 0.4) is 0 Å². The first-order chi connectivity index (χ1) is 13.7. The Bertz CT molecular complexity index is 970. The number of hydrogen-bond acceptors (Lipinski definition) is 5. The van der Waals surface area contributed by atoms with Crippen molar-refractivity contribution in [3.8, 4) is 11.3 Å². The number of rotatable bonds is 5. The lowest BCUT2D eigenvalue weighted by atomic mass is 9.81. The molecule has 144 valence electrons. The van der Waals surface area contributed by atoms with Gasteiger partial charge in [-0.15, -0.1) is 5.10 Å². The molecule has 5 rings (SSSR count). The Morgan fingerprint density at radius 1 is 1.21 bits per heavy atom. The molecule has 0 spiro atoms. The number of amides is 1. The van der Waals surface area contributed by atoms with Crippen molar-refractivity contribution in [3.63, 3.8) is 0 Å². The molecular formula is C21H23N5O2. The quantitative estimate of drug-likeness (QED) is 0.678. The Hall–Kier alpha value is -2.96. The van der Waals surface area contributed by atoms with Crippen LogP contribution in [-0.4, -0.2) is 44.0 Å². The predicted octanol–water partition coefficient (Wildman–Crippen LogP) is 3.68. The molecule has 2 fully saturated rings. The van der Waals surface area contributed by atoms with Gasteiger partial charge in [0.2, 0.25) is 5.76 Å². The summed E-state index contributed by atoms with van der Waals surface area (Å²) in [4.78, 5) is 14.6. The van der Waals surface area contributed by atoms with E-state index in [1.165, 1.54) is 25.0 Å². The fourth-order valence-electron chi connectivity index (χ4n) is 4.07. The Balaban J connectivity index is 1.23. The van der Waals surface area contributed by atoms with E-state index in [4.69, 9.17) is 4.52 Å². The van der Waals surface area contributed by atoms with Crippen molar-refractivity contribution in [1.82, 2.24) is 25.1 Å². The molecule has 7 nitrogen and oxygen atoms in total.